The number of carbonyl (C=O) groups excluding carboxylic acids is 1. The first-order valence-corrected chi connectivity index (χ1v) is 7.52. The number of hydrogen-bond donors (Lipinski definition) is 0. The highest BCUT2D eigenvalue weighted by atomic mass is 16.1. The van der Waals surface area contributed by atoms with E-state index in [1.54, 1.807) is 0 Å². The van der Waals surface area contributed by atoms with Crippen LogP contribution in [0.3, 0.4) is 0 Å². The van der Waals surface area contributed by atoms with E-state index in [1.807, 2.05) is 30.3 Å². The zero-order valence-corrected chi connectivity index (χ0v) is 12.1. The van der Waals surface area contributed by atoms with Crippen molar-refractivity contribution >= 4 is 5.78 Å². The van der Waals surface area contributed by atoms with E-state index >= 15 is 0 Å². The first kappa shape index (κ1) is 14.3. The Morgan fingerprint density at radius 3 is 2.42 bits per heavy atom. The summed E-state index contributed by atoms with van der Waals surface area (Å²) in [6.07, 6.45) is 5.60. The molecule has 0 saturated carbocycles. The minimum Gasteiger partial charge on any atom is -0.298 e. The van der Waals surface area contributed by atoms with E-state index in [0.717, 1.165) is 18.5 Å². The SMILES string of the molecule is C[C@@H]1CCC[C@@H](C)N1CCCC(=O)c1ccccc1. The molecule has 2 atom stereocenters. The van der Waals surface area contributed by atoms with Crippen molar-refractivity contribution in [3.63, 3.8) is 0 Å². The van der Waals surface area contributed by atoms with E-state index in [4.69, 9.17) is 0 Å². The summed E-state index contributed by atoms with van der Waals surface area (Å²) in [4.78, 5) is 14.6. The number of ketones is 1. The minimum absolute atomic E-state index is 0.276. The smallest absolute Gasteiger partial charge is 0.162 e. The lowest BCUT2D eigenvalue weighted by molar-refractivity contribution is 0.0901. The monoisotopic (exact) mass is 259 g/mol. The van der Waals surface area contributed by atoms with Crippen LogP contribution >= 0.6 is 0 Å². The van der Waals surface area contributed by atoms with Gasteiger partial charge in [0.1, 0.15) is 0 Å². The van der Waals surface area contributed by atoms with Gasteiger partial charge in [-0.05, 0) is 39.7 Å². The van der Waals surface area contributed by atoms with E-state index in [2.05, 4.69) is 18.7 Å². The molecule has 1 aliphatic rings. The zero-order chi connectivity index (χ0) is 13.7. The van der Waals surface area contributed by atoms with Gasteiger partial charge in [0.05, 0.1) is 0 Å². The van der Waals surface area contributed by atoms with E-state index in [1.165, 1.54) is 19.3 Å². The van der Waals surface area contributed by atoms with Gasteiger partial charge in [-0.25, -0.2) is 0 Å². The molecule has 2 rings (SSSR count). The normalized spacial score (nSPS) is 24.3. The summed E-state index contributed by atoms with van der Waals surface area (Å²) in [5, 5.41) is 0. The lowest BCUT2D eigenvalue weighted by Gasteiger charge is -2.39. The molecule has 0 aromatic heterocycles. The van der Waals surface area contributed by atoms with Gasteiger partial charge in [-0.15, -0.1) is 0 Å². The fraction of sp³-hybridized carbons (Fsp3) is 0.588. The Bertz CT molecular complexity index is 391. The van der Waals surface area contributed by atoms with E-state index in [-0.39, 0.29) is 5.78 Å². The summed E-state index contributed by atoms with van der Waals surface area (Å²) in [5.41, 5.74) is 0.849. The predicted molar refractivity (Wildman–Crippen MR) is 79.5 cm³/mol. The fourth-order valence-corrected chi connectivity index (χ4v) is 3.11. The first-order valence-electron chi connectivity index (χ1n) is 7.52. The lowest BCUT2D eigenvalue weighted by atomic mass is 9.97. The second-order valence-corrected chi connectivity index (χ2v) is 5.76. The summed E-state index contributed by atoms with van der Waals surface area (Å²) < 4.78 is 0. The van der Waals surface area contributed by atoms with Crippen LogP contribution in [0.5, 0.6) is 0 Å². The van der Waals surface area contributed by atoms with Crippen LogP contribution in [-0.2, 0) is 0 Å². The quantitative estimate of drug-likeness (QED) is 0.747. The number of nitrogens with zero attached hydrogens (tertiary/aromatic N) is 1. The maximum absolute atomic E-state index is 12.0. The molecule has 19 heavy (non-hydrogen) atoms. The van der Waals surface area contributed by atoms with E-state index < -0.39 is 0 Å². The molecule has 1 aromatic carbocycles. The molecule has 0 N–H and O–H groups in total. The van der Waals surface area contributed by atoms with Crippen molar-refractivity contribution in [1.82, 2.24) is 4.90 Å². The highest BCUT2D eigenvalue weighted by molar-refractivity contribution is 5.95. The number of benzene rings is 1. The largest absolute Gasteiger partial charge is 0.298 e. The van der Waals surface area contributed by atoms with Crippen LogP contribution in [0.1, 0.15) is 56.3 Å². The molecule has 1 saturated heterocycles. The van der Waals surface area contributed by atoms with Crippen LogP contribution in [0.25, 0.3) is 0 Å². The van der Waals surface area contributed by atoms with Crippen LogP contribution in [0.4, 0.5) is 0 Å². The van der Waals surface area contributed by atoms with E-state index in [0.29, 0.717) is 18.5 Å². The van der Waals surface area contributed by atoms with Gasteiger partial charge in [-0.3, -0.25) is 9.69 Å². The summed E-state index contributed by atoms with van der Waals surface area (Å²) in [7, 11) is 0. The first-order chi connectivity index (χ1) is 9.18. The van der Waals surface area contributed by atoms with Gasteiger partial charge in [0, 0.05) is 24.1 Å². The summed E-state index contributed by atoms with van der Waals surface area (Å²) in [6.45, 7) is 5.68. The van der Waals surface area contributed by atoms with Crippen molar-refractivity contribution in [2.24, 2.45) is 0 Å². The molecule has 1 aromatic rings. The maximum Gasteiger partial charge on any atom is 0.162 e. The standard InChI is InChI=1S/C17H25NO/c1-14-8-6-9-15(2)18(14)13-7-12-17(19)16-10-4-3-5-11-16/h3-5,10-11,14-15H,6-9,12-13H2,1-2H3/t14-,15-/m1/s1. The Balaban J connectivity index is 1.78. The minimum atomic E-state index is 0.276. The second-order valence-electron chi connectivity index (χ2n) is 5.76. The number of rotatable bonds is 5. The van der Waals surface area contributed by atoms with Crippen molar-refractivity contribution in [2.45, 2.75) is 58.0 Å². The van der Waals surface area contributed by atoms with Crippen molar-refractivity contribution < 1.29 is 4.79 Å². The average Bonchev–Trinajstić information content (AvgIpc) is 2.43. The molecule has 0 unspecified atom stereocenters. The van der Waals surface area contributed by atoms with Crippen molar-refractivity contribution in [3.05, 3.63) is 35.9 Å². The van der Waals surface area contributed by atoms with Crippen LogP contribution < -0.4 is 0 Å². The Morgan fingerprint density at radius 1 is 1.16 bits per heavy atom. The summed E-state index contributed by atoms with van der Waals surface area (Å²) >= 11 is 0. The Morgan fingerprint density at radius 2 is 1.79 bits per heavy atom. The van der Waals surface area contributed by atoms with Crippen LogP contribution in [-0.4, -0.2) is 29.3 Å². The number of piperidine rings is 1. The van der Waals surface area contributed by atoms with E-state index in [9.17, 15) is 4.79 Å². The van der Waals surface area contributed by atoms with Crippen molar-refractivity contribution in [2.75, 3.05) is 6.54 Å². The van der Waals surface area contributed by atoms with Gasteiger partial charge in [0.15, 0.2) is 5.78 Å². The van der Waals surface area contributed by atoms with Gasteiger partial charge >= 0.3 is 0 Å². The molecular weight excluding hydrogens is 234 g/mol. The Hall–Kier alpha value is -1.15. The third-order valence-corrected chi connectivity index (χ3v) is 4.29. The van der Waals surface area contributed by atoms with Crippen LogP contribution in [0.15, 0.2) is 30.3 Å². The lowest BCUT2D eigenvalue weighted by Crippen LogP contribution is -2.44. The molecule has 2 nitrogen and oxygen atoms in total. The van der Waals surface area contributed by atoms with Crippen LogP contribution in [0, 0.1) is 0 Å². The molecule has 1 fully saturated rings. The Labute approximate surface area is 116 Å². The van der Waals surface area contributed by atoms with Gasteiger partial charge in [0.2, 0.25) is 0 Å². The van der Waals surface area contributed by atoms with Crippen molar-refractivity contribution in [1.29, 1.82) is 0 Å². The van der Waals surface area contributed by atoms with Gasteiger partial charge in [-0.1, -0.05) is 36.8 Å². The third-order valence-electron chi connectivity index (χ3n) is 4.29. The zero-order valence-electron chi connectivity index (χ0n) is 12.1. The Kier molecular flexibility index (Phi) is 5.15. The molecule has 0 bridgehead atoms. The summed E-state index contributed by atoms with van der Waals surface area (Å²) in [5.74, 6) is 0.276. The highest BCUT2D eigenvalue weighted by Gasteiger charge is 2.23. The average molecular weight is 259 g/mol. The molecule has 0 radical (unpaired) electrons. The molecule has 1 aliphatic heterocycles. The molecular formula is C17H25NO. The fourth-order valence-electron chi connectivity index (χ4n) is 3.11. The highest BCUT2D eigenvalue weighted by Crippen LogP contribution is 2.22. The van der Waals surface area contributed by atoms with Gasteiger partial charge in [0.25, 0.3) is 0 Å². The number of Topliss-reactive ketones (excluding diaryl/α,β-unsaturated/α-hetero) is 1. The second kappa shape index (κ2) is 6.85. The third kappa shape index (κ3) is 3.90. The maximum atomic E-state index is 12.0. The number of hydrogen-bond acceptors (Lipinski definition) is 2. The van der Waals surface area contributed by atoms with Crippen molar-refractivity contribution in [3.8, 4) is 0 Å². The topological polar surface area (TPSA) is 20.3 Å². The van der Waals surface area contributed by atoms with Crippen LogP contribution in [0.2, 0.25) is 0 Å². The molecule has 104 valence electrons. The predicted octanol–water partition coefficient (Wildman–Crippen LogP) is 3.91. The van der Waals surface area contributed by atoms with Gasteiger partial charge < -0.3 is 0 Å². The van der Waals surface area contributed by atoms with Gasteiger partial charge in [-0.2, -0.15) is 0 Å². The molecule has 1 heterocycles. The molecule has 0 aliphatic carbocycles. The molecule has 0 amide bonds. The summed E-state index contributed by atoms with van der Waals surface area (Å²) in [6, 6.07) is 11.0. The number of carbonyl (C=O) groups is 1. The molecule has 2 heteroatoms. The molecule has 0 spiro atoms. The number of likely N-dealkylation sites (tertiary alicyclic amines) is 1.